The van der Waals surface area contributed by atoms with Crippen LogP contribution in [0.5, 0.6) is 0 Å². The van der Waals surface area contributed by atoms with Crippen LogP contribution in [-0.2, 0) is 16.0 Å². The zero-order chi connectivity index (χ0) is 12.7. The number of hydrogen-bond acceptors (Lipinski definition) is 4. The summed E-state index contributed by atoms with van der Waals surface area (Å²) >= 11 is 1.19. The second kappa shape index (κ2) is 7.05. The Hall–Kier alpha value is -1.38. The van der Waals surface area contributed by atoms with Crippen molar-refractivity contribution in [3.05, 3.63) is 35.4 Å². The van der Waals surface area contributed by atoms with Crippen LogP contribution in [0.1, 0.15) is 18.1 Å². The van der Waals surface area contributed by atoms with E-state index in [-0.39, 0.29) is 11.2 Å². The number of aryl methyl sites for hydroxylation is 1. The zero-order valence-corrected chi connectivity index (χ0v) is 10.8. The van der Waals surface area contributed by atoms with Crippen LogP contribution < -0.4 is 0 Å². The number of benzene rings is 1. The minimum atomic E-state index is -0.178. The normalized spacial score (nSPS) is 11.6. The molecule has 0 aliphatic heterocycles. The first-order valence-corrected chi connectivity index (χ1v) is 6.37. The maximum Gasteiger partial charge on any atom is 0.235 e. The molecule has 4 heteroatoms. The number of nitrogens with zero attached hydrogens (tertiary/aromatic N) is 1. The predicted octanol–water partition coefficient (Wildman–Crippen LogP) is 2.52. The van der Waals surface area contributed by atoms with Crippen molar-refractivity contribution < 1.29 is 9.59 Å². The van der Waals surface area contributed by atoms with Crippen molar-refractivity contribution in [1.82, 2.24) is 0 Å². The smallest absolute Gasteiger partial charge is 0.235 e. The van der Waals surface area contributed by atoms with Crippen molar-refractivity contribution in [2.75, 3.05) is 5.75 Å². The van der Waals surface area contributed by atoms with Crippen LogP contribution in [-0.4, -0.2) is 23.0 Å². The quantitative estimate of drug-likeness (QED) is 0.595. The van der Waals surface area contributed by atoms with Gasteiger partial charge in [-0.1, -0.05) is 36.0 Å². The molecule has 0 aliphatic rings. The van der Waals surface area contributed by atoms with E-state index in [4.69, 9.17) is 0 Å². The molecule has 0 radical (unpaired) electrons. The number of carbonyl (C=O) groups excluding carboxylic acids is 2. The molecule has 1 aromatic carbocycles. The topological polar surface area (TPSA) is 46.5 Å². The molecule has 0 saturated heterocycles. The number of isocyanates is 1. The van der Waals surface area contributed by atoms with E-state index in [1.54, 1.807) is 6.08 Å². The second-order valence-electron chi connectivity index (χ2n) is 3.81. The molecular formula is C13H15NO2S. The van der Waals surface area contributed by atoms with E-state index in [0.717, 1.165) is 5.56 Å². The zero-order valence-electron chi connectivity index (χ0n) is 9.97. The fraction of sp³-hybridized carbons (Fsp3) is 0.385. The van der Waals surface area contributed by atoms with Gasteiger partial charge in [-0.25, -0.2) is 9.79 Å². The van der Waals surface area contributed by atoms with Crippen LogP contribution in [0.3, 0.4) is 0 Å². The van der Waals surface area contributed by atoms with Crippen molar-refractivity contribution >= 4 is 23.0 Å². The summed E-state index contributed by atoms with van der Waals surface area (Å²) in [6, 6.07) is 7.79. The molecule has 0 aromatic heterocycles. The van der Waals surface area contributed by atoms with Crippen molar-refractivity contribution in [1.29, 1.82) is 0 Å². The lowest BCUT2D eigenvalue weighted by Gasteiger charge is -2.11. The standard InChI is InChI=1S/C13H15NO2S/c1-10-5-3-4-6-12(10)7-13(14-9-15)8-17-11(2)16/h3-6,13H,7-8H2,1-2H3/t13-/m1/s1. The van der Waals surface area contributed by atoms with Gasteiger partial charge in [-0.3, -0.25) is 4.79 Å². The molecule has 90 valence electrons. The Morgan fingerprint density at radius 3 is 2.76 bits per heavy atom. The Bertz CT molecular complexity index is 439. The third-order valence-electron chi connectivity index (χ3n) is 2.43. The van der Waals surface area contributed by atoms with Gasteiger partial charge in [0.2, 0.25) is 6.08 Å². The van der Waals surface area contributed by atoms with E-state index >= 15 is 0 Å². The van der Waals surface area contributed by atoms with Gasteiger partial charge >= 0.3 is 0 Å². The molecule has 0 aliphatic carbocycles. The molecule has 1 aromatic rings. The first-order valence-electron chi connectivity index (χ1n) is 5.38. The van der Waals surface area contributed by atoms with Crippen LogP contribution in [0.2, 0.25) is 0 Å². The summed E-state index contributed by atoms with van der Waals surface area (Å²) in [5.41, 5.74) is 2.33. The number of thioether (sulfide) groups is 1. The lowest BCUT2D eigenvalue weighted by molar-refractivity contribution is -0.109. The second-order valence-corrected chi connectivity index (χ2v) is 5.00. The van der Waals surface area contributed by atoms with E-state index in [9.17, 15) is 9.59 Å². The number of rotatable bonds is 5. The maximum absolute atomic E-state index is 10.9. The average Bonchev–Trinajstić information content (AvgIpc) is 2.29. The monoisotopic (exact) mass is 249 g/mol. The van der Waals surface area contributed by atoms with E-state index in [0.29, 0.717) is 12.2 Å². The third kappa shape index (κ3) is 4.98. The number of carbonyl (C=O) groups is 1. The number of aliphatic imine (C=N–C) groups is 1. The van der Waals surface area contributed by atoms with Gasteiger partial charge in [0.1, 0.15) is 0 Å². The Morgan fingerprint density at radius 2 is 2.18 bits per heavy atom. The van der Waals surface area contributed by atoms with E-state index < -0.39 is 0 Å². The Balaban J connectivity index is 2.70. The molecule has 0 unspecified atom stereocenters. The lowest BCUT2D eigenvalue weighted by Crippen LogP contribution is -2.13. The largest absolute Gasteiger partial charge is 0.288 e. The van der Waals surface area contributed by atoms with Crippen molar-refractivity contribution in [2.24, 2.45) is 4.99 Å². The maximum atomic E-state index is 10.9. The van der Waals surface area contributed by atoms with Crippen LogP contribution in [0.15, 0.2) is 29.3 Å². The third-order valence-corrected chi connectivity index (χ3v) is 3.39. The molecule has 0 saturated carbocycles. The Kier molecular flexibility index (Phi) is 5.67. The minimum absolute atomic E-state index is 0.0425. The van der Waals surface area contributed by atoms with Gasteiger partial charge in [0.15, 0.2) is 5.12 Å². The predicted molar refractivity (Wildman–Crippen MR) is 69.9 cm³/mol. The van der Waals surface area contributed by atoms with Gasteiger partial charge in [0, 0.05) is 12.7 Å². The highest BCUT2D eigenvalue weighted by atomic mass is 32.2. The van der Waals surface area contributed by atoms with Crippen LogP contribution in [0.25, 0.3) is 0 Å². The van der Waals surface area contributed by atoms with Gasteiger partial charge in [0.05, 0.1) is 6.04 Å². The SMILES string of the molecule is CC(=O)SC[C@@H](Cc1ccccc1C)N=C=O. The van der Waals surface area contributed by atoms with E-state index in [1.807, 2.05) is 31.2 Å². The highest BCUT2D eigenvalue weighted by molar-refractivity contribution is 8.13. The summed E-state index contributed by atoms with van der Waals surface area (Å²) < 4.78 is 0. The molecule has 0 N–H and O–H groups in total. The van der Waals surface area contributed by atoms with Crippen LogP contribution in [0.4, 0.5) is 0 Å². The molecule has 3 nitrogen and oxygen atoms in total. The Morgan fingerprint density at radius 1 is 1.47 bits per heavy atom. The van der Waals surface area contributed by atoms with Crippen molar-refractivity contribution in [3.8, 4) is 0 Å². The summed E-state index contributed by atoms with van der Waals surface area (Å²) in [6.45, 7) is 3.54. The summed E-state index contributed by atoms with van der Waals surface area (Å²) in [7, 11) is 0. The van der Waals surface area contributed by atoms with Crippen LogP contribution >= 0.6 is 11.8 Å². The lowest BCUT2D eigenvalue weighted by atomic mass is 10.0. The molecular weight excluding hydrogens is 234 g/mol. The average molecular weight is 249 g/mol. The summed E-state index contributed by atoms with van der Waals surface area (Å²) in [4.78, 5) is 25.0. The fourth-order valence-corrected chi connectivity index (χ4v) is 2.14. The Labute approximate surface area is 105 Å². The van der Waals surface area contributed by atoms with E-state index in [2.05, 4.69) is 4.99 Å². The van der Waals surface area contributed by atoms with E-state index in [1.165, 1.54) is 24.2 Å². The van der Waals surface area contributed by atoms with Gasteiger partial charge < -0.3 is 0 Å². The highest BCUT2D eigenvalue weighted by Crippen LogP contribution is 2.15. The molecule has 0 spiro atoms. The van der Waals surface area contributed by atoms with Gasteiger partial charge in [-0.2, -0.15) is 0 Å². The molecule has 17 heavy (non-hydrogen) atoms. The molecule has 0 heterocycles. The highest BCUT2D eigenvalue weighted by Gasteiger charge is 2.11. The summed E-state index contributed by atoms with van der Waals surface area (Å²) in [5, 5.41) is 0.0425. The van der Waals surface area contributed by atoms with Crippen LogP contribution in [0, 0.1) is 6.92 Å². The molecule has 0 fully saturated rings. The number of hydrogen-bond donors (Lipinski definition) is 0. The first kappa shape index (κ1) is 13.7. The molecule has 1 atom stereocenters. The van der Waals surface area contributed by atoms with Gasteiger partial charge in [-0.05, 0) is 24.5 Å². The molecule has 1 rings (SSSR count). The minimum Gasteiger partial charge on any atom is -0.288 e. The first-order chi connectivity index (χ1) is 8.13. The molecule has 0 bridgehead atoms. The summed E-state index contributed by atoms with van der Waals surface area (Å²) in [6.07, 6.45) is 2.25. The van der Waals surface area contributed by atoms with Gasteiger partial charge in [-0.15, -0.1) is 0 Å². The fourth-order valence-electron chi connectivity index (χ4n) is 1.52. The van der Waals surface area contributed by atoms with Gasteiger partial charge in [0.25, 0.3) is 0 Å². The molecule has 0 amide bonds. The van der Waals surface area contributed by atoms with Crippen molar-refractivity contribution in [2.45, 2.75) is 26.3 Å². The summed E-state index contributed by atoms with van der Waals surface area (Å²) in [5.74, 6) is 0.527. The van der Waals surface area contributed by atoms with Crippen molar-refractivity contribution in [3.63, 3.8) is 0 Å².